The predicted octanol–water partition coefficient (Wildman–Crippen LogP) is 5.83. The van der Waals surface area contributed by atoms with Crippen LogP contribution in [0.3, 0.4) is 0 Å². The van der Waals surface area contributed by atoms with E-state index in [0.29, 0.717) is 23.6 Å². The SMILES string of the molecule is CCCN(C(=O)Oc1cccc(-c2c(OC)cc(C)c3[nH]c(=O)c(C)cc23)c1)C(C)(C)C. The third-order valence-corrected chi connectivity index (χ3v) is 5.51. The summed E-state index contributed by atoms with van der Waals surface area (Å²) in [7, 11) is 1.62. The van der Waals surface area contributed by atoms with Gasteiger partial charge in [0, 0.05) is 28.6 Å². The Bertz CT molecular complexity index is 1200. The minimum absolute atomic E-state index is 0.113. The van der Waals surface area contributed by atoms with E-state index in [1.54, 1.807) is 25.0 Å². The second-order valence-corrected chi connectivity index (χ2v) is 9.06. The first kappa shape index (κ1) is 23.4. The quantitative estimate of drug-likeness (QED) is 0.546. The van der Waals surface area contributed by atoms with E-state index >= 15 is 0 Å². The zero-order chi connectivity index (χ0) is 23.6. The maximum Gasteiger partial charge on any atom is 0.415 e. The molecule has 0 aliphatic heterocycles. The lowest BCUT2D eigenvalue weighted by molar-refractivity contribution is 0.107. The van der Waals surface area contributed by atoms with Gasteiger partial charge in [-0.2, -0.15) is 0 Å². The molecule has 0 unspecified atom stereocenters. The summed E-state index contributed by atoms with van der Waals surface area (Å²) in [6.45, 7) is 12.3. The number of aromatic nitrogens is 1. The summed E-state index contributed by atoms with van der Waals surface area (Å²) in [4.78, 5) is 29.8. The van der Waals surface area contributed by atoms with Crippen LogP contribution in [0.5, 0.6) is 11.5 Å². The molecule has 6 nitrogen and oxygen atoms in total. The highest BCUT2D eigenvalue weighted by Gasteiger charge is 2.27. The summed E-state index contributed by atoms with van der Waals surface area (Å²) in [6.07, 6.45) is 0.466. The number of H-pyrrole nitrogens is 1. The molecule has 0 saturated carbocycles. The van der Waals surface area contributed by atoms with Gasteiger partial charge in [0.05, 0.1) is 12.6 Å². The topological polar surface area (TPSA) is 71.6 Å². The second kappa shape index (κ2) is 9.07. The standard InChI is InChI=1S/C26H32N2O4/c1-8-12-28(26(4,5)6)25(30)32-19-11-9-10-18(15-19)22-20-13-17(3)24(29)27-23(20)16(2)14-21(22)31-7/h9-11,13-15H,8,12H2,1-7H3,(H,27,29). The summed E-state index contributed by atoms with van der Waals surface area (Å²) >= 11 is 0. The van der Waals surface area contributed by atoms with Crippen molar-refractivity contribution in [2.45, 2.75) is 53.5 Å². The summed E-state index contributed by atoms with van der Waals surface area (Å²) in [6, 6.07) is 11.2. The van der Waals surface area contributed by atoms with Crippen LogP contribution in [-0.2, 0) is 0 Å². The fourth-order valence-corrected chi connectivity index (χ4v) is 3.87. The van der Waals surface area contributed by atoms with Crippen LogP contribution in [0, 0.1) is 13.8 Å². The van der Waals surface area contributed by atoms with Gasteiger partial charge in [0.15, 0.2) is 0 Å². The number of hydrogen-bond donors (Lipinski definition) is 1. The Labute approximate surface area is 189 Å². The number of amides is 1. The molecule has 0 spiro atoms. The average Bonchev–Trinajstić information content (AvgIpc) is 2.72. The van der Waals surface area contributed by atoms with Gasteiger partial charge in [-0.3, -0.25) is 4.79 Å². The van der Waals surface area contributed by atoms with Gasteiger partial charge in [0.1, 0.15) is 11.5 Å². The number of aryl methyl sites for hydroxylation is 2. The van der Waals surface area contributed by atoms with E-state index in [1.807, 2.05) is 65.0 Å². The number of nitrogens with one attached hydrogen (secondary N) is 1. The maximum atomic E-state index is 12.9. The number of ether oxygens (including phenoxy) is 2. The largest absolute Gasteiger partial charge is 0.496 e. The first-order valence-corrected chi connectivity index (χ1v) is 10.9. The highest BCUT2D eigenvalue weighted by Crippen LogP contribution is 2.39. The van der Waals surface area contributed by atoms with Crippen LogP contribution in [0.25, 0.3) is 22.0 Å². The number of carbonyl (C=O) groups is 1. The number of nitrogens with zero attached hydrogens (tertiary/aromatic N) is 1. The van der Waals surface area contributed by atoms with Crippen molar-refractivity contribution in [2.24, 2.45) is 0 Å². The molecule has 0 atom stereocenters. The highest BCUT2D eigenvalue weighted by molar-refractivity contribution is 6.00. The van der Waals surface area contributed by atoms with Gasteiger partial charge in [-0.15, -0.1) is 0 Å². The molecule has 1 aromatic heterocycles. The molecule has 1 amide bonds. The van der Waals surface area contributed by atoms with Crippen molar-refractivity contribution in [2.75, 3.05) is 13.7 Å². The third-order valence-electron chi connectivity index (χ3n) is 5.51. The predicted molar refractivity (Wildman–Crippen MR) is 129 cm³/mol. The van der Waals surface area contributed by atoms with Crippen LogP contribution < -0.4 is 15.0 Å². The number of pyridine rings is 1. The Morgan fingerprint density at radius 2 is 1.81 bits per heavy atom. The monoisotopic (exact) mass is 436 g/mol. The lowest BCUT2D eigenvalue weighted by atomic mass is 9.96. The molecule has 1 N–H and O–H groups in total. The summed E-state index contributed by atoms with van der Waals surface area (Å²) < 4.78 is 11.4. The molecule has 3 rings (SSSR count). The summed E-state index contributed by atoms with van der Waals surface area (Å²) in [5, 5.41) is 0.879. The number of fused-ring (bicyclic) bond motifs is 1. The Balaban J connectivity index is 2.10. The molecule has 0 aliphatic carbocycles. The van der Waals surface area contributed by atoms with Crippen LogP contribution in [-0.4, -0.2) is 35.2 Å². The van der Waals surface area contributed by atoms with Crippen molar-refractivity contribution in [3.63, 3.8) is 0 Å². The number of aromatic amines is 1. The first-order valence-electron chi connectivity index (χ1n) is 10.9. The van der Waals surface area contributed by atoms with E-state index < -0.39 is 0 Å². The van der Waals surface area contributed by atoms with Crippen LogP contribution >= 0.6 is 0 Å². The highest BCUT2D eigenvalue weighted by atomic mass is 16.6. The molecule has 1 heterocycles. The molecule has 2 aromatic carbocycles. The van der Waals surface area contributed by atoms with Crippen molar-refractivity contribution in [1.82, 2.24) is 9.88 Å². The van der Waals surface area contributed by atoms with E-state index in [-0.39, 0.29) is 17.2 Å². The van der Waals surface area contributed by atoms with Crippen LogP contribution in [0.2, 0.25) is 0 Å². The Hall–Kier alpha value is -3.28. The van der Waals surface area contributed by atoms with Gasteiger partial charge in [-0.05, 0) is 76.4 Å². The zero-order valence-electron chi connectivity index (χ0n) is 20.0. The number of benzene rings is 2. The van der Waals surface area contributed by atoms with Crippen molar-refractivity contribution < 1.29 is 14.3 Å². The minimum atomic E-state index is -0.377. The Kier molecular flexibility index (Phi) is 6.63. The van der Waals surface area contributed by atoms with E-state index in [2.05, 4.69) is 4.98 Å². The van der Waals surface area contributed by atoms with Crippen LogP contribution in [0.4, 0.5) is 4.79 Å². The zero-order valence-corrected chi connectivity index (χ0v) is 20.0. The lowest BCUT2D eigenvalue weighted by Gasteiger charge is -2.34. The molecule has 0 fully saturated rings. The van der Waals surface area contributed by atoms with E-state index in [4.69, 9.17) is 9.47 Å². The van der Waals surface area contributed by atoms with Crippen molar-refractivity contribution in [3.05, 3.63) is 57.9 Å². The molecule has 32 heavy (non-hydrogen) atoms. The fourth-order valence-electron chi connectivity index (χ4n) is 3.87. The Morgan fingerprint density at radius 1 is 1.09 bits per heavy atom. The smallest absolute Gasteiger partial charge is 0.415 e. The van der Waals surface area contributed by atoms with E-state index in [9.17, 15) is 9.59 Å². The maximum absolute atomic E-state index is 12.9. The minimum Gasteiger partial charge on any atom is -0.496 e. The van der Waals surface area contributed by atoms with Crippen molar-refractivity contribution >= 4 is 17.0 Å². The number of rotatable bonds is 5. The van der Waals surface area contributed by atoms with Gasteiger partial charge >= 0.3 is 6.09 Å². The Morgan fingerprint density at radius 3 is 2.44 bits per heavy atom. The van der Waals surface area contributed by atoms with Crippen molar-refractivity contribution in [1.29, 1.82) is 0 Å². The second-order valence-electron chi connectivity index (χ2n) is 9.06. The van der Waals surface area contributed by atoms with Crippen molar-refractivity contribution in [3.8, 4) is 22.6 Å². The lowest BCUT2D eigenvalue weighted by Crippen LogP contribution is -2.47. The van der Waals surface area contributed by atoms with E-state index in [1.165, 1.54) is 0 Å². The van der Waals surface area contributed by atoms with Gasteiger partial charge in [-0.25, -0.2) is 4.79 Å². The fraction of sp³-hybridized carbons (Fsp3) is 0.385. The molecular weight excluding hydrogens is 404 g/mol. The number of methoxy groups -OCH3 is 1. The average molecular weight is 437 g/mol. The molecular formula is C26H32N2O4. The molecule has 0 saturated heterocycles. The molecule has 0 radical (unpaired) electrons. The number of hydrogen-bond acceptors (Lipinski definition) is 4. The van der Waals surface area contributed by atoms with Gasteiger partial charge in [0.25, 0.3) is 5.56 Å². The van der Waals surface area contributed by atoms with E-state index in [0.717, 1.165) is 34.0 Å². The third kappa shape index (κ3) is 4.64. The summed E-state index contributed by atoms with van der Waals surface area (Å²) in [5.41, 5.74) is 3.52. The van der Waals surface area contributed by atoms with Crippen LogP contribution in [0.15, 0.2) is 41.2 Å². The molecule has 3 aromatic rings. The molecule has 0 aliphatic rings. The molecule has 170 valence electrons. The van der Waals surface area contributed by atoms with Gasteiger partial charge in [-0.1, -0.05) is 19.1 Å². The molecule has 0 bridgehead atoms. The summed E-state index contributed by atoms with van der Waals surface area (Å²) in [5.74, 6) is 1.14. The molecule has 6 heteroatoms. The van der Waals surface area contributed by atoms with Gasteiger partial charge < -0.3 is 19.4 Å². The van der Waals surface area contributed by atoms with Gasteiger partial charge in [0.2, 0.25) is 0 Å². The first-order chi connectivity index (χ1) is 15.1. The number of carbonyl (C=O) groups excluding carboxylic acids is 1. The van der Waals surface area contributed by atoms with Crippen LogP contribution in [0.1, 0.15) is 45.2 Å². The normalized spacial score (nSPS) is 11.5.